The van der Waals surface area contributed by atoms with Gasteiger partial charge in [0.25, 0.3) is 0 Å². The summed E-state index contributed by atoms with van der Waals surface area (Å²) in [4.78, 5) is 4.83. The highest BCUT2D eigenvalue weighted by atomic mass is 16.5. The van der Waals surface area contributed by atoms with Crippen molar-refractivity contribution in [2.75, 3.05) is 43.1 Å². The lowest BCUT2D eigenvalue weighted by Gasteiger charge is -2.28. The highest BCUT2D eigenvalue weighted by Gasteiger charge is 2.24. The molecule has 4 aromatic carbocycles. The van der Waals surface area contributed by atoms with Crippen molar-refractivity contribution in [1.82, 2.24) is 0 Å². The number of nitrogens with zero attached hydrogens (tertiary/aromatic N) is 2. The van der Waals surface area contributed by atoms with Crippen LogP contribution < -0.4 is 14.5 Å². The molecule has 0 aliphatic carbocycles. The van der Waals surface area contributed by atoms with Crippen LogP contribution in [0, 0.1) is 13.8 Å². The molecule has 0 N–H and O–H groups in total. The Labute approximate surface area is 223 Å². The molecule has 0 fully saturated rings. The molecule has 0 aliphatic rings. The summed E-state index contributed by atoms with van der Waals surface area (Å²) in [6, 6.07) is 27.1. The van der Waals surface area contributed by atoms with Crippen LogP contribution >= 0.6 is 0 Å². The van der Waals surface area contributed by atoms with Crippen molar-refractivity contribution in [2.45, 2.75) is 47.5 Å². The number of methoxy groups -OCH3 is 1. The number of rotatable bonds is 10. The number of fused-ring (bicyclic) bond motifs is 1. The largest absolute Gasteiger partial charge is 0.496 e. The molecule has 37 heavy (non-hydrogen) atoms. The van der Waals surface area contributed by atoms with E-state index in [0.29, 0.717) is 0 Å². The van der Waals surface area contributed by atoms with Crippen LogP contribution in [0.25, 0.3) is 10.8 Å². The Bertz CT molecular complexity index is 1290. The fraction of sp³-hybridized carbons (Fsp3) is 0.353. The van der Waals surface area contributed by atoms with E-state index in [1.807, 2.05) is 0 Å². The molecule has 0 heterocycles. The van der Waals surface area contributed by atoms with Crippen LogP contribution in [0.15, 0.2) is 72.8 Å². The molecule has 4 aromatic rings. The van der Waals surface area contributed by atoms with Crippen molar-refractivity contribution < 1.29 is 4.74 Å². The molecule has 0 radical (unpaired) electrons. The van der Waals surface area contributed by atoms with Gasteiger partial charge in [0.2, 0.25) is 0 Å². The third-order valence-electron chi connectivity index (χ3n) is 7.83. The second kappa shape index (κ2) is 11.7. The Kier molecular flexibility index (Phi) is 8.43. The normalized spacial score (nSPS) is 11.2. The molecular formula is C34H42N2O. The van der Waals surface area contributed by atoms with Gasteiger partial charge in [-0.05, 0) is 105 Å². The maximum absolute atomic E-state index is 5.74. The fourth-order valence-corrected chi connectivity index (χ4v) is 5.77. The second-order valence-corrected chi connectivity index (χ2v) is 9.76. The molecule has 0 amide bonds. The number of benzene rings is 4. The summed E-state index contributed by atoms with van der Waals surface area (Å²) in [5.74, 6) is 1.03. The van der Waals surface area contributed by atoms with Gasteiger partial charge in [-0.2, -0.15) is 0 Å². The molecule has 3 nitrogen and oxygen atoms in total. The summed E-state index contributed by atoms with van der Waals surface area (Å²) in [6.07, 6.45) is 0. The number of aryl methyl sites for hydroxylation is 2. The van der Waals surface area contributed by atoms with Crippen LogP contribution in [0.4, 0.5) is 11.4 Å². The Morgan fingerprint density at radius 1 is 0.595 bits per heavy atom. The lowest BCUT2D eigenvalue weighted by Crippen LogP contribution is -2.22. The van der Waals surface area contributed by atoms with E-state index >= 15 is 0 Å². The minimum absolute atomic E-state index is 0.118. The average molecular weight is 495 g/mol. The third kappa shape index (κ3) is 5.18. The highest BCUT2D eigenvalue weighted by molar-refractivity contribution is 5.92. The predicted octanol–water partition coefficient (Wildman–Crippen LogP) is 8.34. The van der Waals surface area contributed by atoms with Crippen molar-refractivity contribution in [3.05, 3.63) is 101 Å². The second-order valence-electron chi connectivity index (χ2n) is 9.76. The first kappa shape index (κ1) is 26.6. The minimum Gasteiger partial charge on any atom is -0.496 e. The molecule has 0 aromatic heterocycles. The van der Waals surface area contributed by atoms with Gasteiger partial charge in [0.05, 0.1) is 7.11 Å². The van der Waals surface area contributed by atoms with Crippen molar-refractivity contribution in [1.29, 1.82) is 0 Å². The monoisotopic (exact) mass is 494 g/mol. The van der Waals surface area contributed by atoms with Crippen LogP contribution in [-0.4, -0.2) is 33.3 Å². The van der Waals surface area contributed by atoms with Crippen molar-refractivity contribution >= 4 is 22.1 Å². The molecule has 4 rings (SSSR count). The minimum atomic E-state index is 0.118. The third-order valence-corrected chi connectivity index (χ3v) is 7.83. The van der Waals surface area contributed by atoms with Gasteiger partial charge in [0, 0.05) is 48.9 Å². The van der Waals surface area contributed by atoms with E-state index in [4.69, 9.17) is 4.74 Å². The molecule has 0 unspecified atom stereocenters. The molecule has 3 heteroatoms. The molecule has 0 saturated carbocycles. The van der Waals surface area contributed by atoms with Crippen LogP contribution in [0.3, 0.4) is 0 Å². The highest BCUT2D eigenvalue weighted by Crippen LogP contribution is 2.42. The van der Waals surface area contributed by atoms with E-state index in [-0.39, 0.29) is 5.92 Å². The first-order valence-corrected chi connectivity index (χ1v) is 13.7. The Morgan fingerprint density at radius 3 is 1.49 bits per heavy atom. The standard InChI is InChI=1S/C34H42N2O/c1-8-35(9-2)26-16-18-28(24(5)22-26)34(29-19-17-27(23-25(29)6)36(10-3)11-4)32-20-21-33(37-7)31-15-13-12-14-30(31)32/h12-23,34H,8-11H2,1-7H3. The van der Waals surface area contributed by atoms with Crippen molar-refractivity contribution in [3.8, 4) is 5.75 Å². The fourth-order valence-electron chi connectivity index (χ4n) is 5.77. The number of anilines is 2. The quantitative estimate of drug-likeness (QED) is 0.206. The lowest BCUT2D eigenvalue weighted by molar-refractivity contribution is 0.419. The molecule has 0 aliphatic heterocycles. The first-order chi connectivity index (χ1) is 18.0. The number of hydrogen-bond acceptors (Lipinski definition) is 3. The molecule has 0 bridgehead atoms. The maximum atomic E-state index is 5.74. The zero-order valence-electron chi connectivity index (χ0n) is 23.6. The summed E-state index contributed by atoms with van der Waals surface area (Å²) in [5, 5.41) is 2.40. The smallest absolute Gasteiger partial charge is 0.126 e. The average Bonchev–Trinajstić information content (AvgIpc) is 2.92. The van der Waals surface area contributed by atoms with Gasteiger partial charge in [-0.25, -0.2) is 0 Å². The van der Waals surface area contributed by atoms with Crippen molar-refractivity contribution in [2.24, 2.45) is 0 Å². The van der Waals surface area contributed by atoms with E-state index in [1.165, 1.54) is 44.6 Å². The lowest BCUT2D eigenvalue weighted by atomic mass is 9.79. The topological polar surface area (TPSA) is 15.7 Å². The van der Waals surface area contributed by atoms with Crippen molar-refractivity contribution in [3.63, 3.8) is 0 Å². The zero-order valence-corrected chi connectivity index (χ0v) is 23.6. The molecule has 0 saturated heterocycles. The Morgan fingerprint density at radius 2 is 1.05 bits per heavy atom. The summed E-state index contributed by atoms with van der Waals surface area (Å²) in [5.41, 5.74) is 9.24. The van der Waals surface area contributed by atoms with Gasteiger partial charge >= 0.3 is 0 Å². The summed E-state index contributed by atoms with van der Waals surface area (Å²) < 4.78 is 5.74. The first-order valence-electron chi connectivity index (χ1n) is 13.7. The summed E-state index contributed by atoms with van der Waals surface area (Å²) in [6.45, 7) is 17.4. The van der Waals surface area contributed by atoms with E-state index in [2.05, 4.69) is 124 Å². The summed E-state index contributed by atoms with van der Waals surface area (Å²) >= 11 is 0. The van der Waals surface area contributed by atoms with E-state index in [9.17, 15) is 0 Å². The number of hydrogen-bond donors (Lipinski definition) is 0. The molecule has 0 spiro atoms. The Balaban J connectivity index is 1.96. The van der Waals surface area contributed by atoms with Gasteiger partial charge < -0.3 is 14.5 Å². The number of ether oxygens (including phenoxy) is 1. The van der Waals surface area contributed by atoms with Crippen LogP contribution in [0.1, 0.15) is 61.4 Å². The van der Waals surface area contributed by atoms with E-state index in [1.54, 1.807) is 7.11 Å². The van der Waals surface area contributed by atoms with Gasteiger partial charge in [-0.1, -0.05) is 42.5 Å². The van der Waals surface area contributed by atoms with Gasteiger partial charge in [-0.3, -0.25) is 0 Å². The van der Waals surface area contributed by atoms with Crippen LogP contribution in [-0.2, 0) is 0 Å². The SMILES string of the molecule is CCN(CC)c1ccc(C(c2ccc(N(CC)CC)cc2C)c2ccc(OC)c3ccccc23)c(C)c1. The summed E-state index contributed by atoms with van der Waals surface area (Å²) in [7, 11) is 1.76. The van der Waals surface area contributed by atoms with Crippen LogP contribution in [0.5, 0.6) is 5.75 Å². The van der Waals surface area contributed by atoms with Gasteiger partial charge in [0.1, 0.15) is 5.75 Å². The van der Waals surface area contributed by atoms with Crippen LogP contribution in [0.2, 0.25) is 0 Å². The van der Waals surface area contributed by atoms with Gasteiger partial charge in [0.15, 0.2) is 0 Å². The molecule has 0 atom stereocenters. The van der Waals surface area contributed by atoms with E-state index in [0.717, 1.165) is 37.3 Å². The zero-order chi connectivity index (χ0) is 26.5. The van der Waals surface area contributed by atoms with Gasteiger partial charge in [-0.15, -0.1) is 0 Å². The van der Waals surface area contributed by atoms with E-state index < -0.39 is 0 Å². The predicted molar refractivity (Wildman–Crippen MR) is 161 cm³/mol. The Hall–Kier alpha value is -3.46. The maximum Gasteiger partial charge on any atom is 0.126 e. The molecule has 194 valence electrons. The molecular weight excluding hydrogens is 452 g/mol.